The van der Waals surface area contributed by atoms with Gasteiger partial charge in [-0.25, -0.2) is 4.68 Å². The van der Waals surface area contributed by atoms with Crippen LogP contribution < -0.4 is 11.1 Å². The number of rotatable bonds is 1. The van der Waals surface area contributed by atoms with Gasteiger partial charge in [-0.1, -0.05) is 0 Å². The Morgan fingerprint density at radius 1 is 1.50 bits per heavy atom. The van der Waals surface area contributed by atoms with Crippen LogP contribution in [0.1, 0.15) is 30.1 Å². The van der Waals surface area contributed by atoms with Crippen LogP contribution in [0, 0.1) is 0 Å². The maximum absolute atomic E-state index is 6.17. The maximum atomic E-state index is 6.17. The number of nitrogens with two attached hydrogens (primary N) is 1. The summed E-state index contributed by atoms with van der Waals surface area (Å²) in [7, 11) is 0. The van der Waals surface area contributed by atoms with Gasteiger partial charge >= 0.3 is 0 Å². The molecule has 1 unspecified atom stereocenters. The zero-order chi connectivity index (χ0) is 11.0. The molecule has 0 radical (unpaired) electrons. The minimum absolute atomic E-state index is 0.416. The fraction of sp³-hybridized carbons (Fsp3) is 0.727. The first-order valence-corrected chi connectivity index (χ1v) is 6.00. The summed E-state index contributed by atoms with van der Waals surface area (Å²) in [5, 5.41) is 7.99. The predicted molar refractivity (Wildman–Crippen MR) is 61.1 cm³/mol. The number of piperidine rings is 1. The second kappa shape index (κ2) is 4.07. The molecular weight excluding hydrogens is 204 g/mol. The molecule has 1 aromatic rings. The van der Waals surface area contributed by atoms with Crippen molar-refractivity contribution < 1.29 is 4.74 Å². The molecule has 3 heterocycles. The van der Waals surface area contributed by atoms with Crippen molar-refractivity contribution >= 4 is 5.82 Å². The van der Waals surface area contributed by atoms with E-state index in [0.717, 1.165) is 37.6 Å². The summed E-state index contributed by atoms with van der Waals surface area (Å²) >= 11 is 0. The molecule has 0 aromatic carbocycles. The first-order chi connectivity index (χ1) is 7.86. The smallest absolute Gasteiger partial charge is 0.125 e. The molecule has 16 heavy (non-hydrogen) atoms. The van der Waals surface area contributed by atoms with E-state index in [4.69, 9.17) is 10.5 Å². The molecule has 5 nitrogen and oxygen atoms in total. The largest absolute Gasteiger partial charge is 0.384 e. The highest BCUT2D eigenvalue weighted by molar-refractivity contribution is 5.44. The number of fused-ring (bicyclic) bond motifs is 1. The molecule has 1 saturated heterocycles. The minimum Gasteiger partial charge on any atom is -0.384 e. The van der Waals surface area contributed by atoms with Gasteiger partial charge in [-0.05, 0) is 19.4 Å². The second-order valence-corrected chi connectivity index (χ2v) is 4.56. The van der Waals surface area contributed by atoms with Gasteiger partial charge in [0.1, 0.15) is 5.82 Å². The Balaban J connectivity index is 1.91. The van der Waals surface area contributed by atoms with Crippen molar-refractivity contribution in [1.29, 1.82) is 0 Å². The van der Waals surface area contributed by atoms with Gasteiger partial charge in [0.25, 0.3) is 0 Å². The Hall–Kier alpha value is -1.07. The SMILES string of the molecule is Nc1c2c(nn1C1CCCNC1)COCC2. The number of aromatic nitrogens is 2. The van der Waals surface area contributed by atoms with E-state index in [0.29, 0.717) is 12.6 Å². The summed E-state index contributed by atoms with van der Waals surface area (Å²) in [5.74, 6) is 0.854. The van der Waals surface area contributed by atoms with Gasteiger partial charge < -0.3 is 15.8 Å². The van der Waals surface area contributed by atoms with Crippen LogP contribution in [0.25, 0.3) is 0 Å². The topological polar surface area (TPSA) is 65.1 Å². The summed E-state index contributed by atoms with van der Waals surface area (Å²) in [5.41, 5.74) is 8.41. The van der Waals surface area contributed by atoms with Crippen LogP contribution in [0.5, 0.6) is 0 Å². The third-order valence-electron chi connectivity index (χ3n) is 3.48. The standard InChI is InChI=1S/C11H18N4O/c12-11-9-3-5-16-7-10(9)14-15(11)8-2-1-4-13-6-8/h8,13H,1-7,12H2. The molecule has 1 aromatic heterocycles. The molecule has 1 atom stereocenters. The van der Waals surface area contributed by atoms with Gasteiger partial charge in [-0.3, -0.25) is 0 Å². The number of nitrogens with zero attached hydrogens (tertiary/aromatic N) is 2. The Morgan fingerprint density at radius 2 is 2.44 bits per heavy atom. The van der Waals surface area contributed by atoms with E-state index >= 15 is 0 Å². The third kappa shape index (κ3) is 1.60. The van der Waals surface area contributed by atoms with Crippen molar-refractivity contribution in [3.63, 3.8) is 0 Å². The lowest BCUT2D eigenvalue weighted by molar-refractivity contribution is 0.108. The van der Waals surface area contributed by atoms with Crippen molar-refractivity contribution in [3.8, 4) is 0 Å². The van der Waals surface area contributed by atoms with Crippen molar-refractivity contribution in [2.24, 2.45) is 0 Å². The highest BCUT2D eigenvalue weighted by Crippen LogP contribution is 2.27. The van der Waals surface area contributed by atoms with Gasteiger partial charge in [0, 0.05) is 18.5 Å². The highest BCUT2D eigenvalue weighted by Gasteiger charge is 2.24. The summed E-state index contributed by atoms with van der Waals surface area (Å²) in [6.07, 6.45) is 3.27. The van der Waals surface area contributed by atoms with Gasteiger partial charge in [0.2, 0.25) is 0 Å². The Morgan fingerprint density at radius 3 is 3.19 bits per heavy atom. The van der Waals surface area contributed by atoms with E-state index in [1.807, 2.05) is 4.68 Å². The van der Waals surface area contributed by atoms with E-state index in [9.17, 15) is 0 Å². The second-order valence-electron chi connectivity index (χ2n) is 4.56. The minimum atomic E-state index is 0.416. The lowest BCUT2D eigenvalue weighted by Gasteiger charge is -2.24. The van der Waals surface area contributed by atoms with Crippen molar-refractivity contribution in [1.82, 2.24) is 15.1 Å². The molecule has 3 N–H and O–H groups in total. The number of anilines is 1. The van der Waals surface area contributed by atoms with Crippen molar-refractivity contribution in [2.45, 2.75) is 31.9 Å². The molecule has 1 fully saturated rings. The van der Waals surface area contributed by atoms with Crippen LogP contribution in [0.15, 0.2) is 0 Å². The van der Waals surface area contributed by atoms with E-state index < -0.39 is 0 Å². The molecule has 88 valence electrons. The van der Waals surface area contributed by atoms with Gasteiger partial charge in [0.05, 0.1) is 24.9 Å². The number of nitrogens with one attached hydrogen (secondary N) is 1. The van der Waals surface area contributed by atoms with Gasteiger partial charge in [-0.2, -0.15) is 5.10 Å². The molecule has 3 rings (SSSR count). The highest BCUT2D eigenvalue weighted by atomic mass is 16.5. The fourth-order valence-electron chi connectivity index (χ4n) is 2.58. The third-order valence-corrected chi connectivity index (χ3v) is 3.48. The van der Waals surface area contributed by atoms with E-state index in [1.54, 1.807) is 0 Å². The molecule has 0 aliphatic carbocycles. The summed E-state index contributed by atoms with van der Waals surface area (Å²) in [6, 6.07) is 0.416. The van der Waals surface area contributed by atoms with Crippen molar-refractivity contribution in [3.05, 3.63) is 11.3 Å². The quantitative estimate of drug-likeness (QED) is 0.724. The summed E-state index contributed by atoms with van der Waals surface area (Å²) in [4.78, 5) is 0. The molecule has 5 heteroatoms. The molecule has 0 amide bonds. The first-order valence-electron chi connectivity index (χ1n) is 6.00. The van der Waals surface area contributed by atoms with Crippen molar-refractivity contribution in [2.75, 3.05) is 25.4 Å². The molecule has 2 aliphatic rings. The molecular formula is C11H18N4O. The zero-order valence-corrected chi connectivity index (χ0v) is 9.41. The molecule has 0 saturated carbocycles. The average molecular weight is 222 g/mol. The monoisotopic (exact) mass is 222 g/mol. The Bertz CT molecular complexity index is 382. The lowest BCUT2D eigenvalue weighted by atomic mass is 10.1. The lowest BCUT2D eigenvalue weighted by Crippen LogP contribution is -2.32. The van der Waals surface area contributed by atoms with E-state index in [-0.39, 0.29) is 0 Å². The zero-order valence-electron chi connectivity index (χ0n) is 9.41. The molecule has 0 spiro atoms. The van der Waals surface area contributed by atoms with Crippen LogP contribution in [-0.2, 0) is 17.8 Å². The van der Waals surface area contributed by atoms with Crippen LogP contribution >= 0.6 is 0 Å². The molecule has 0 bridgehead atoms. The number of nitrogen functional groups attached to an aromatic ring is 1. The van der Waals surface area contributed by atoms with Crippen LogP contribution in [0.4, 0.5) is 5.82 Å². The Kier molecular flexibility index (Phi) is 2.57. The maximum Gasteiger partial charge on any atom is 0.125 e. The summed E-state index contributed by atoms with van der Waals surface area (Å²) in [6.45, 7) is 3.48. The number of ether oxygens (including phenoxy) is 1. The fourth-order valence-corrected chi connectivity index (χ4v) is 2.58. The Labute approximate surface area is 94.9 Å². The number of hydrogen-bond donors (Lipinski definition) is 2. The van der Waals surface area contributed by atoms with Crippen LogP contribution in [-0.4, -0.2) is 29.5 Å². The van der Waals surface area contributed by atoms with Gasteiger partial charge in [0.15, 0.2) is 0 Å². The van der Waals surface area contributed by atoms with Crippen LogP contribution in [0.3, 0.4) is 0 Å². The van der Waals surface area contributed by atoms with Crippen LogP contribution in [0.2, 0.25) is 0 Å². The van der Waals surface area contributed by atoms with Gasteiger partial charge in [-0.15, -0.1) is 0 Å². The average Bonchev–Trinajstić information content (AvgIpc) is 2.69. The molecule has 2 aliphatic heterocycles. The van der Waals surface area contributed by atoms with E-state index in [1.165, 1.54) is 18.4 Å². The first kappa shape index (κ1) is 10.1. The number of hydrogen-bond acceptors (Lipinski definition) is 4. The normalized spacial score (nSPS) is 25.4. The van der Waals surface area contributed by atoms with E-state index in [2.05, 4.69) is 10.4 Å². The summed E-state index contributed by atoms with van der Waals surface area (Å²) < 4.78 is 7.41. The predicted octanol–water partition coefficient (Wildman–Crippen LogP) is 0.462.